The lowest BCUT2D eigenvalue weighted by Crippen LogP contribution is -2.22. The van der Waals surface area contributed by atoms with Crippen LogP contribution in [0, 0.1) is 0 Å². The van der Waals surface area contributed by atoms with Crippen LogP contribution in [0.5, 0.6) is 0 Å². The minimum atomic E-state index is 0.0629. The summed E-state index contributed by atoms with van der Waals surface area (Å²) in [4.78, 5) is 0. The van der Waals surface area contributed by atoms with Gasteiger partial charge in [0, 0.05) is 12.7 Å². The normalized spacial score (nSPS) is 12.0. The quantitative estimate of drug-likeness (QED) is 0.656. The van der Waals surface area contributed by atoms with Crippen LogP contribution in [0.2, 0.25) is 0 Å². The van der Waals surface area contributed by atoms with Crippen LogP contribution in [0.25, 0.3) is 0 Å². The summed E-state index contributed by atoms with van der Waals surface area (Å²) in [5, 5.41) is 4.29. The van der Waals surface area contributed by atoms with E-state index in [-0.39, 0.29) is 5.54 Å². The number of hydrogen-bond acceptors (Lipinski definition) is 2. The summed E-state index contributed by atoms with van der Waals surface area (Å²) in [6.07, 6.45) is 1.96. The summed E-state index contributed by atoms with van der Waals surface area (Å²) in [5.41, 5.74) is 6.44. The number of nitrogens with two attached hydrogens (primary N) is 1. The Hall–Kier alpha value is -0.830. The molecule has 0 aliphatic heterocycles. The summed E-state index contributed by atoms with van der Waals surface area (Å²) < 4.78 is 1.93. The number of hydrogen-bond donors (Lipinski definition) is 1. The molecule has 1 aromatic rings. The fraction of sp³-hybridized carbons (Fsp3) is 0.625. The molecule has 1 rings (SSSR count). The molecule has 1 aromatic heterocycles. The highest BCUT2D eigenvalue weighted by atomic mass is 15.3. The van der Waals surface area contributed by atoms with Gasteiger partial charge in [-0.05, 0) is 26.8 Å². The van der Waals surface area contributed by atoms with Crippen LogP contribution in [0.1, 0.15) is 26.5 Å². The van der Waals surface area contributed by atoms with Gasteiger partial charge in [-0.25, -0.2) is 0 Å². The molecule has 0 aliphatic rings. The van der Waals surface area contributed by atoms with Crippen molar-refractivity contribution < 1.29 is 0 Å². The minimum Gasteiger partial charge on any atom is -0.325 e. The third-order valence-corrected chi connectivity index (χ3v) is 1.54. The SMILES string of the molecule is CC(C)(C)n1ccc(CN)n1. The molecule has 0 spiro atoms. The van der Waals surface area contributed by atoms with E-state index in [1.165, 1.54) is 0 Å². The molecule has 11 heavy (non-hydrogen) atoms. The lowest BCUT2D eigenvalue weighted by molar-refractivity contribution is 0.353. The van der Waals surface area contributed by atoms with Crippen molar-refractivity contribution in [2.45, 2.75) is 32.9 Å². The zero-order chi connectivity index (χ0) is 8.48. The molecule has 0 aromatic carbocycles. The average molecular weight is 153 g/mol. The molecule has 0 fully saturated rings. The molecule has 3 heteroatoms. The third-order valence-electron chi connectivity index (χ3n) is 1.54. The topological polar surface area (TPSA) is 43.8 Å². The Morgan fingerprint density at radius 1 is 1.55 bits per heavy atom. The highest BCUT2D eigenvalue weighted by molar-refractivity contribution is 4.99. The van der Waals surface area contributed by atoms with Gasteiger partial charge in [0.2, 0.25) is 0 Å². The molecule has 62 valence electrons. The molecule has 0 saturated carbocycles. The number of nitrogens with zero attached hydrogens (tertiary/aromatic N) is 2. The van der Waals surface area contributed by atoms with Gasteiger partial charge in [-0.2, -0.15) is 5.10 Å². The summed E-state index contributed by atoms with van der Waals surface area (Å²) in [5.74, 6) is 0. The number of rotatable bonds is 1. The van der Waals surface area contributed by atoms with Crippen molar-refractivity contribution >= 4 is 0 Å². The highest BCUT2D eigenvalue weighted by Gasteiger charge is 2.12. The van der Waals surface area contributed by atoms with Crippen molar-refractivity contribution in [3.05, 3.63) is 18.0 Å². The van der Waals surface area contributed by atoms with Gasteiger partial charge in [0.25, 0.3) is 0 Å². The van der Waals surface area contributed by atoms with Gasteiger partial charge in [0.05, 0.1) is 11.2 Å². The first-order valence-corrected chi connectivity index (χ1v) is 3.79. The van der Waals surface area contributed by atoms with Crippen LogP contribution in [0.15, 0.2) is 12.3 Å². The van der Waals surface area contributed by atoms with Crippen molar-refractivity contribution in [3.63, 3.8) is 0 Å². The first kappa shape index (κ1) is 8.27. The monoisotopic (exact) mass is 153 g/mol. The van der Waals surface area contributed by atoms with E-state index in [1.54, 1.807) is 0 Å². The standard InChI is InChI=1S/C8H15N3/c1-8(2,3)11-5-4-7(6-9)10-11/h4-5H,6,9H2,1-3H3. The zero-order valence-electron chi connectivity index (χ0n) is 7.33. The van der Waals surface area contributed by atoms with Crippen LogP contribution in [0.4, 0.5) is 0 Å². The predicted molar refractivity (Wildman–Crippen MR) is 45.1 cm³/mol. The van der Waals surface area contributed by atoms with Gasteiger partial charge in [-0.3, -0.25) is 4.68 Å². The van der Waals surface area contributed by atoms with Gasteiger partial charge < -0.3 is 5.73 Å². The molecule has 1 heterocycles. The van der Waals surface area contributed by atoms with Crippen LogP contribution < -0.4 is 5.73 Å². The van der Waals surface area contributed by atoms with E-state index in [2.05, 4.69) is 25.9 Å². The van der Waals surface area contributed by atoms with E-state index in [1.807, 2.05) is 16.9 Å². The predicted octanol–water partition coefficient (Wildman–Crippen LogP) is 1.10. The van der Waals surface area contributed by atoms with Gasteiger partial charge >= 0.3 is 0 Å². The Bertz CT molecular complexity index is 232. The Kier molecular flexibility index (Phi) is 2.00. The van der Waals surface area contributed by atoms with Crippen molar-refractivity contribution in [2.24, 2.45) is 5.73 Å². The first-order valence-electron chi connectivity index (χ1n) is 3.79. The molecular weight excluding hydrogens is 138 g/mol. The van der Waals surface area contributed by atoms with Crippen LogP contribution in [-0.2, 0) is 12.1 Å². The van der Waals surface area contributed by atoms with E-state index >= 15 is 0 Å². The summed E-state index contributed by atoms with van der Waals surface area (Å²) in [7, 11) is 0. The van der Waals surface area contributed by atoms with Crippen molar-refractivity contribution in [1.82, 2.24) is 9.78 Å². The third kappa shape index (κ3) is 1.80. The van der Waals surface area contributed by atoms with E-state index in [4.69, 9.17) is 5.73 Å². The average Bonchev–Trinajstić information content (AvgIpc) is 2.32. The van der Waals surface area contributed by atoms with Crippen LogP contribution in [0.3, 0.4) is 0 Å². The molecule has 0 atom stereocenters. The molecule has 3 nitrogen and oxygen atoms in total. The van der Waals surface area contributed by atoms with Gasteiger partial charge in [-0.15, -0.1) is 0 Å². The fourth-order valence-electron chi connectivity index (χ4n) is 0.844. The first-order chi connectivity index (χ1) is 5.04. The molecule has 0 saturated heterocycles. The molecular formula is C8H15N3. The second-order valence-corrected chi connectivity index (χ2v) is 3.63. The van der Waals surface area contributed by atoms with Crippen molar-refractivity contribution in [3.8, 4) is 0 Å². The Labute approximate surface area is 67.2 Å². The van der Waals surface area contributed by atoms with E-state index < -0.39 is 0 Å². The molecule has 0 radical (unpaired) electrons. The van der Waals surface area contributed by atoms with E-state index in [9.17, 15) is 0 Å². The minimum absolute atomic E-state index is 0.0629. The maximum Gasteiger partial charge on any atom is 0.0760 e. The fourth-order valence-corrected chi connectivity index (χ4v) is 0.844. The van der Waals surface area contributed by atoms with E-state index in [0.717, 1.165) is 5.69 Å². The second kappa shape index (κ2) is 2.66. The summed E-state index contributed by atoms with van der Waals surface area (Å²) in [6, 6.07) is 1.95. The maximum absolute atomic E-state index is 5.43. The lowest BCUT2D eigenvalue weighted by Gasteiger charge is -2.18. The highest BCUT2D eigenvalue weighted by Crippen LogP contribution is 2.11. The smallest absolute Gasteiger partial charge is 0.0760 e. The van der Waals surface area contributed by atoms with Gasteiger partial charge in [0.1, 0.15) is 0 Å². The largest absolute Gasteiger partial charge is 0.325 e. The van der Waals surface area contributed by atoms with Crippen LogP contribution >= 0.6 is 0 Å². The molecule has 0 aliphatic carbocycles. The Morgan fingerprint density at radius 3 is 2.45 bits per heavy atom. The van der Waals surface area contributed by atoms with Crippen molar-refractivity contribution in [1.29, 1.82) is 0 Å². The van der Waals surface area contributed by atoms with Crippen molar-refractivity contribution in [2.75, 3.05) is 0 Å². The summed E-state index contributed by atoms with van der Waals surface area (Å²) in [6.45, 7) is 6.85. The van der Waals surface area contributed by atoms with E-state index in [0.29, 0.717) is 6.54 Å². The molecule has 2 N–H and O–H groups in total. The second-order valence-electron chi connectivity index (χ2n) is 3.63. The van der Waals surface area contributed by atoms with Gasteiger partial charge in [0.15, 0.2) is 0 Å². The zero-order valence-corrected chi connectivity index (χ0v) is 7.33. The number of aromatic nitrogens is 2. The van der Waals surface area contributed by atoms with Gasteiger partial charge in [-0.1, -0.05) is 0 Å². The molecule has 0 amide bonds. The Morgan fingerprint density at radius 2 is 2.18 bits per heavy atom. The van der Waals surface area contributed by atoms with Crippen LogP contribution in [-0.4, -0.2) is 9.78 Å². The molecule has 0 bridgehead atoms. The Balaban J connectivity index is 2.89. The lowest BCUT2D eigenvalue weighted by atomic mass is 10.1. The molecule has 0 unspecified atom stereocenters. The summed E-state index contributed by atoms with van der Waals surface area (Å²) >= 11 is 0. The maximum atomic E-state index is 5.43.